The lowest BCUT2D eigenvalue weighted by molar-refractivity contribution is -0.136. The fourth-order valence-corrected chi connectivity index (χ4v) is 7.28. The number of aromatic nitrogens is 1. The van der Waals surface area contributed by atoms with E-state index in [1.165, 1.54) is 24.3 Å². The number of fused-ring (bicyclic) bond motifs is 1. The van der Waals surface area contributed by atoms with Crippen LogP contribution < -0.4 is 54.8 Å². The Hall–Kier alpha value is -7.56. The molecule has 0 aliphatic heterocycles. The number of carbonyl (C=O) groups excluding carboxylic acids is 7. The Morgan fingerprint density at radius 3 is 1.71 bits per heavy atom. The number of rotatable bonds is 27. The number of phenolic OH excluding ortho intramolecular Hbond substituents is 1. The lowest BCUT2D eigenvalue weighted by Crippen LogP contribution is -2.61. The first-order valence-electron chi connectivity index (χ1n) is 22.4. The number of aliphatic imine (C=N–C) groups is 1. The maximum absolute atomic E-state index is 14.4. The number of nitrogens with zero attached hydrogens (tertiary/aromatic N) is 1. The van der Waals surface area contributed by atoms with Crippen molar-refractivity contribution in [3.05, 3.63) is 102 Å². The minimum atomic E-state index is -1.54. The number of amides is 7. The molecular formula is C47H64N12O10. The lowest BCUT2D eigenvalue weighted by atomic mass is 9.99. The van der Waals surface area contributed by atoms with Gasteiger partial charge in [-0.2, -0.15) is 0 Å². The third-order valence-electron chi connectivity index (χ3n) is 11.0. The SMILES string of the molecule is CC(C)C[C@H](NC(=O)[C@H](Cc1ccc(O)cc1)NC(=O)[C@@H](CCCN=C(N)N)NC(=O)[C@@H](CO)NC(=O)[C@@H](N)Cc1ccccc1)C(=O)N[C@@H](Cc1c[nH]c2ccccc12)C(=O)N[C@@H](CO)C(N)=O. The Bertz CT molecular complexity index is 2390. The topological polar surface area (TPSA) is 385 Å². The summed E-state index contributed by atoms with van der Waals surface area (Å²) in [7, 11) is 0. The molecule has 22 nitrogen and oxygen atoms in total. The number of aliphatic hydroxyl groups excluding tert-OH is 2. The highest BCUT2D eigenvalue weighted by Crippen LogP contribution is 2.20. The molecule has 22 heteroatoms. The van der Waals surface area contributed by atoms with Gasteiger partial charge in [-0.1, -0.05) is 74.5 Å². The Balaban J connectivity index is 1.60. The normalized spacial score (nSPS) is 14.2. The van der Waals surface area contributed by atoms with Crippen LogP contribution in [-0.2, 0) is 52.8 Å². The molecule has 0 fully saturated rings. The maximum atomic E-state index is 14.4. The van der Waals surface area contributed by atoms with Crippen molar-refractivity contribution in [3.8, 4) is 5.75 Å². The van der Waals surface area contributed by atoms with Crippen LogP contribution in [0, 0.1) is 5.92 Å². The molecular weight excluding hydrogens is 893 g/mol. The molecule has 372 valence electrons. The zero-order valence-electron chi connectivity index (χ0n) is 38.5. The van der Waals surface area contributed by atoms with E-state index in [-0.39, 0.29) is 62.7 Å². The van der Waals surface area contributed by atoms with Gasteiger partial charge in [0.1, 0.15) is 42.0 Å². The van der Waals surface area contributed by atoms with Gasteiger partial charge >= 0.3 is 0 Å². The number of aromatic hydroxyl groups is 1. The number of hydrogen-bond acceptors (Lipinski definition) is 12. The molecule has 1 heterocycles. The number of aromatic amines is 1. The van der Waals surface area contributed by atoms with E-state index in [0.717, 1.165) is 16.5 Å². The Morgan fingerprint density at radius 1 is 0.594 bits per heavy atom. The van der Waals surface area contributed by atoms with Crippen LogP contribution in [0.3, 0.4) is 0 Å². The number of guanidine groups is 1. The minimum absolute atomic E-state index is 0.0441. The zero-order chi connectivity index (χ0) is 50.6. The van der Waals surface area contributed by atoms with Crippen molar-refractivity contribution in [2.75, 3.05) is 19.8 Å². The molecule has 0 aliphatic carbocycles. The predicted molar refractivity (Wildman–Crippen MR) is 256 cm³/mol. The predicted octanol–water partition coefficient (Wildman–Crippen LogP) is -2.29. The van der Waals surface area contributed by atoms with Gasteiger partial charge in [0.05, 0.1) is 19.3 Å². The number of nitrogens with two attached hydrogens (primary N) is 4. The van der Waals surface area contributed by atoms with Crippen molar-refractivity contribution in [1.29, 1.82) is 0 Å². The maximum Gasteiger partial charge on any atom is 0.245 e. The van der Waals surface area contributed by atoms with E-state index in [2.05, 4.69) is 41.9 Å². The second-order valence-corrected chi connectivity index (χ2v) is 16.9. The summed E-state index contributed by atoms with van der Waals surface area (Å²) < 4.78 is 0. The van der Waals surface area contributed by atoms with Gasteiger partial charge in [-0.05, 0) is 66.5 Å². The minimum Gasteiger partial charge on any atom is -0.508 e. The monoisotopic (exact) mass is 956 g/mol. The highest BCUT2D eigenvalue weighted by Gasteiger charge is 2.34. The van der Waals surface area contributed by atoms with Gasteiger partial charge in [0, 0.05) is 36.5 Å². The number of para-hydroxylation sites is 1. The Kier molecular flexibility index (Phi) is 20.9. The first kappa shape index (κ1) is 54.0. The van der Waals surface area contributed by atoms with E-state index in [1.54, 1.807) is 56.4 Å². The van der Waals surface area contributed by atoms with Crippen molar-refractivity contribution in [3.63, 3.8) is 0 Å². The second kappa shape index (κ2) is 26.7. The summed E-state index contributed by atoms with van der Waals surface area (Å²) in [4.78, 5) is 102. The number of hydrogen-bond donors (Lipinski definition) is 14. The van der Waals surface area contributed by atoms with Crippen LogP contribution in [0.4, 0.5) is 0 Å². The average molecular weight is 957 g/mol. The van der Waals surface area contributed by atoms with Gasteiger partial charge in [-0.3, -0.25) is 38.6 Å². The molecule has 3 aromatic carbocycles. The highest BCUT2D eigenvalue weighted by molar-refractivity contribution is 5.98. The molecule has 7 atom stereocenters. The molecule has 0 aliphatic rings. The van der Waals surface area contributed by atoms with Crippen molar-refractivity contribution in [1.82, 2.24) is 36.9 Å². The van der Waals surface area contributed by atoms with Crippen molar-refractivity contribution in [2.45, 2.75) is 94.7 Å². The molecule has 4 aromatic rings. The number of primary amides is 1. The lowest BCUT2D eigenvalue weighted by Gasteiger charge is -2.28. The van der Waals surface area contributed by atoms with Crippen LogP contribution in [0.5, 0.6) is 5.75 Å². The molecule has 7 amide bonds. The molecule has 0 saturated heterocycles. The van der Waals surface area contributed by atoms with Crippen LogP contribution >= 0.6 is 0 Å². The van der Waals surface area contributed by atoms with Gasteiger partial charge in [0.15, 0.2) is 5.96 Å². The molecule has 0 radical (unpaired) electrons. The second-order valence-electron chi connectivity index (χ2n) is 16.9. The summed E-state index contributed by atoms with van der Waals surface area (Å²) in [6.45, 7) is 1.97. The number of benzene rings is 3. The van der Waals surface area contributed by atoms with Gasteiger partial charge < -0.3 is 75.1 Å². The third kappa shape index (κ3) is 17.2. The van der Waals surface area contributed by atoms with Crippen molar-refractivity contribution in [2.24, 2.45) is 33.8 Å². The first-order chi connectivity index (χ1) is 32.9. The molecule has 18 N–H and O–H groups in total. The van der Waals surface area contributed by atoms with Gasteiger partial charge in [0.2, 0.25) is 41.4 Å². The largest absolute Gasteiger partial charge is 0.508 e. The molecule has 0 unspecified atom stereocenters. The van der Waals surface area contributed by atoms with Crippen LogP contribution in [0.25, 0.3) is 10.9 Å². The van der Waals surface area contributed by atoms with E-state index in [1.807, 2.05) is 18.2 Å². The molecule has 0 bridgehead atoms. The van der Waals surface area contributed by atoms with E-state index < -0.39 is 96.9 Å². The summed E-state index contributed by atoms with van der Waals surface area (Å²) in [6, 6.07) is 12.4. The number of nitrogens with one attached hydrogen (secondary N) is 7. The fraction of sp³-hybridized carbons (Fsp3) is 0.404. The average Bonchev–Trinajstić information content (AvgIpc) is 3.72. The van der Waals surface area contributed by atoms with Crippen LogP contribution in [0.1, 0.15) is 49.8 Å². The quantitative estimate of drug-likeness (QED) is 0.0170. The van der Waals surface area contributed by atoms with E-state index in [4.69, 9.17) is 22.9 Å². The Morgan fingerprint density at radius 2 is 1.10 bits per heavy atom. The fourth-order valence-electron chi connectivity index (χ4n) is 7.28. The van der Waals surface area contributed by atoms with Gasteiger partial charge in [0.25, 0.3) is 0 Å². The van der Waals surface area contributed by atoms with E-state index in [0.29, 0.717) is 11.1 Å². The van der Waals surface area contributed by atoms with Crippen LogP contribution in [-0.4, -0.2) is 130 Å². The molecule has 0 spiro atoms. The summed E-state index contributed by atoms with van der Waals surface area (Å²) in [5, 5.41) is 46.1. The first-order valence-corrected chi connectivity index (χ1v) is 22.4. The summed E-state index contributed by atoms with van der Waals surface area (Å²) in [5.41, 5.74) is 25.1. The molecule has 0 saturated carbocycles. The number of phenols is 1. The molecule has 69 heavy (non-hydrogen) atoms. The molecule has 4 rings (SSSR count). The standard InChI is InChI=1S/C47H64N12O10/c1-26(2)19-35(43(66)57-37(45(68)58-38(24-60)40(49)63)22-29-23-53-33-12-7-6-11-31(29)33)55-44(67)36(21-28-14-16-30(62)17-15-28)56-42(65)34(13-8-18-52-47(50)51)54-46(69)39(25-61)59-41(64)32(48)20-27-9-4-3-5-10-27/h3-7,9-12,14-17,23,26,32,34-39,53,60-62H,8,13,18-22,24-25,48H2,1-2H3,(H2,49,63)(H,54,69)(H,55,67)(H,56,65)(H,57,66)(H,58,68)(H,59,64)(H4,50,51,52)/t32-,34+,35-,36-,37-,38-,39+/m0/s1. The summed E-state index contributed by atoms with van der Waals surface area (Å²) in [5.74, 6) is -6.54. The summed E-state index contributed by atoms with van der Waals surface area (Å²) in [6.07, 6.45) is 1.63. The smallest absolute Gasteiger partial charge is 0.245 e. The number of carbonyl (C=O) groups is 7. The zero-order valence-corrected chi connectivity index (χ0v) is 38.5. The summed E-state index contributed by atoms with van der Waals surface area (Å²) >= 11 is 0. The van der Waals surface area contributed by atoms with Crippen LogP contribution in [0.2, 0.25) is 0 Å². The van der Waals surface area contributed by atoms with Crippen molar-refractivity contribution >= 4 is 58.2 Å². The van der Waals surface area contributed by atoms with E-state index in [9.17, 15) is 48.9 Å². The van der Waals surface area contributed by atoms with Crippen molar-refractivity contribution < 1.29 is 48.9 Å². The number of aliphatic hydroxyl groups is 2. The van der Waals surface area contributed by atoms with E-state index >= 15 is 0 Å². The highest BCUT2D eigenvalue weighted by atomic mass is 16.3. The Labute approximate surface area is 398 Å². The third-order valence-corrected chi connectivity index (χ3v) is 11.0. The number of H-pyrrole nitrogens is 1. The van der Waals surface area contributed by atoms with Gasteiger partial charge in [-0.15, -0.1) is 0 Å². The molecule has 1 aromatic heterocycles. The van der Waals surface area contributed by atoms with Gasteiger partial charge in [-0.25, -0.2) is 0 Å². The van der Waals surface area contributed by atoms with Crippen LogP contribution in [0.15, 0.2) is 90.1 Å².